The van der Waals surface area contributed by atoms with Crippen LogP contribution < -0.4 is 15.8 Å². The molecule has 0 saturated carbocycles. The average Bonchev–Trinajstić information content (AvgIpc) is 2.04. The maximum Gasteiger partial charge on any atom is 0.144 e. The van der Waals surface area contributed by atoms with Gasteiger partial charge in [0.05, 0.1) is 19.5 Å². The molecule has 1 aromatic carbocycles. The van der Waals surface area contributed by atoms with Gasteiger partial charge in [-0.1, -0.05) is 6.07 Å². The molecule has 0 amide bonds. The molecule has 0 saturated heterocycles. The van der Waals surface area contributed by atoms with Gasteiger partial charge in [0, 0.05) is 0 Å². The van der Waals surface area contributed by atoms with Crippen molar-refractivity contribution in [3.8, 4) is 5.75 Å². The highest BCUT2D eigenvalue weighted by Crippen LogP contribution is 2.29. The van der Waals surface area contributed by atoms with Crippen LogP contribution in [0.2, 0.25) is 0 Å². The van der Waals surface area contributed by atoms with Crippen molar-refractivity contribution in [3.05, 3.63) is 23.3 Å². The first kappa shape index (κ1) is 9.86. The number of nitrogens with two attached hydrogens (primary N) is 1. The Balaban J connectivity index is 3.13. The molecule has 1 rings (SSSR count). The van der Waals surface area contributed by atoms with Gasteiger partial charge in [0.15, 0.2) is 0 Å². The molecule has 0 spiro atoms. The van der Waals surface area contributed by atoms with Crippen molar-refractivity contribution in [2.24, 2.45) is 5.73 Å². The summed E-state index contributed by atoms with van der Waals surface area (Å²) in [7, 11) is 1.67. The fourth-order valence-electron chi connectivity index (χ4n) is 1.47. The van der Waals surface area contributed by atoms with Gasteiger partial charge in [-0.3, -0.25) is 0 Å². The molecule has 0 radical (unpaired) electrons. The third-order valence-corrected chi connectivity index (χ3v) is 1.92. The molecule has 3 nitrogen and oxygen atoms in total. The third kappa shape index (κ3) is 2.12. The molecule has 0 heterocycles. The zero-order valence-corrected chi connectivity index (χ0v) is 8.35. The van der Waals surface area contributed by atoms with E-state index in [2.05, 4.69) is 11.4 Å². The van der Waals surface area contributed by atoms with E-state index >= 15 is 0 Å². The largest absolute Gasteiger partial charge is 0.494 e. The van der Waals surface area contributed by atoms with E-state index in [1.807, 2.05) is 19.9 Å². The monoisotopic (exact) mass is 180 g/mol. The number of aryl methyl sites for hydroxylation is 2. The van der Waals surface area contributed by atoms with Crippen LogP contribution in [0.4, 0.5) is 5.69 Å². The van der Waals surface area contributed by atoms with Crippen LogP contribution in [-0.4, -0.2) is 13.8 Å². The number of ether oxygens (including phenoxy) is 1. The molecule has 0 aliphatic carbocycles. The van der Waals surface area contributed by atoms with E-state index in [9.17, 15) is 0 Å². The summed E-state index contributed by atoms with van der Waals surface area (Å²) >= 11 is 0. The van der Waals surface area contributed by atoms with Crippen LogP contribution in [0.5, 0.6) is 5.75 Å². The van der Waals surface area contributed by atoms with Gasteiger partial charge in [0.2, 0.25) is 0 Å². The lowest BCUT2D eigenvalue weighted by atomic mass is 10.1. The van der Waals surface area contributed by atoms with E-state index in [4.69, 9.17) is 10.5 Å². The van der Waals surface area contributed by atoms with Crippen LogP contribution in [0.25, 0.3) is 0 Å². The molecule has 0 bridgehead atoms. The van der Waals surface area contributed by atoms with E-state index in [1.54, 1.807) is 7.11 Å². The number of rotatable bonds is 3. The minimum Gasteiger partial charge on any atom is -0.494 e. The van der Waals surface area contributed by atoms with Crippen LogP contribution in [0.3, 0.4) is 0 Å². The van der Waals surface area contributed by atoms with Crippen molar-refractivity contribution in [2.75, 3.05) is 19.1 Å². The highest BCUT2D eigenvalue weighted by Gasteiger charge is 2.05. The molecule has 1 aromatic rings. The second-order valence-corrected chi connectivity index (χ2v) is 3.04. The summed E-state index contributed by atoms with van der Waals surface area (Å²) in [6.07, 6.45) is 0. The first-order valence-corrected chi connectivity index (χ1v) is 4.28. The minimum atomic E-state index is 0.416. The van der Waals surface area contributed by atoms with Crippen molar-refractivity contribution in [2.45, 2.75) is 13.8 Å². The number of nitrogens with one attached hydrogen (secondary N) is 1. The van der Waals surface area contributed by atoms with Crippen molar-refractivity contribution in [1.29, 1.82) is 0 Å². The molecular weight excluding hydrogens is 164 g/mol. The molecule has 0 aromatic heterocycles. The van der Waals surface area contributed by atoms with E-state index in [-0.39, 0.29) is 0 Å². The molecule has 0 fully saturated rings. The van der Waals surface area contributed by atoms with Gasteiger partial charge in [-0.2, -0.15) is 0 Å². The average molecular weight is 180 g/mol. The number of anilines is 1. The second kappa shape index (κ2) is 4.14. The van der Waals surface area contributed by atoms with Crippen molar-refractivity contribution < 1.29 is 4.74 Å². The molecule has 0 unspecified atom stereocenters. The molecule has 0 aliphatic heterocycles. The fraction of sp³-hybridized carbons (Fsp3) is 0.400. The highest BCUT2D eigenvalue weighted by atomic mass is 16.5. The molecule has 0 atom stereocenters. The van der Waals surface area contributed by atoms with Crippen molar-refractivity contribution in [1.82, 2.24) is 0 Å². The van der Waals surface area contributed by atoms with Gasteiger partial charge in [0.25, 0.3) is 0 Å². The zero-order valence-electron chi connectivity index (χ0n) is 8.35. The summed E-state index contributed by atoms with van der Waals surface area (Å²) in [5.74, 6) is 0.871. The summed E-state index contributed by atoms with van der Waals surface area (Å²) < 4.78 is 5.27. The number of methoxy groups -OCH3 is 1. The van der Waals surface area contributed by atoms with Gasteiger partial charge < -0.3 is 15.8 Å². The molecule has 3 N–H and O–H groups in total. The van der Waals surface area contributed by atoms with E-state index in [1.165, 1.54) is 5.56 Å². The Hall–Kier alpha value is -1.22. The first-order chi connectivity index (χ1) is 6.19. The summed E-state index contributed by atoms with van der Waals surface area (Å²) in [6.45, 7) is 4.49. The van der Waals surface area contributed by atoms with Gasteiger partial charge >= 0.3 is 0 Å². The quantitative estimate of drug-likeness (QED) is 0.695. The topological polar surface area (TPSA) is 47.3 Å². The predicted molar refractivity (Wildman–Crippen MR) is 55.1 cm³/mol. The lowest BCUT2D eigenvalue weighted by Crippen LogP contribution is -2.12. The van der Waals surface area contributed by atoms with E-state index in [0.717, 1.165) is 17.0 Å². The van der Waals surface area contributed by atoms with E-state index in [0.29, 0.717) is 6.67 Å². The van der Waals surface area contributed by atoms with Crippen LogP contribution in [-0.2, 0) is 0 Å². The molecule has 3 heteroatoms. The maximum atomic E-state index is 5.42. The van der Waals surface area contributed by atoms with Crippen molar-refractivity contribution in [3.63, 3.8) is 0 Å². The standard InChI is InChI=1S/C10H16N2O/c1-7-4-8(2)10(13-3)9(5-7)12-6-11/h4-5,12H,6,11H2,1-3H3. The molecule has 0 aliphatic rings. The van der Waals surface area contributed by atoms with Crippen LogP contribution in [0.1, 0.15) is 11.1 Å². The van der Waals surface area contributed by atoms with Crippen molar-refractivity contribution >= 4 is 5.69 Å². The predicted octanol–water partition coefficient (Wildman–Crippen LogP) is 1.64. The summed E-state index contributed by atoms with van der Waals surface area (Å²) in [5.41, 5.74) is 8.70. The van der Waals surface area contributed by atoms with Gasteiger partial charge in [-0.05, 0) is 31.0 Å². The Kier molecular flexibility index (Phi) is 3.14. The van der Waals surface area contributed by atoms with Gasteiger partial charge in [-0.25, -0.2) is 0 Å². The SMILES string of the molecule is COc1c(C)cc(C)cc1NCN. The molecule has 72 valence electrons. The number of hydrogen-bond donors (Lipinski definition) is 2. The first-order valence-electron chi connectivity index (χ1n) is 4.28. The number of hydrogen-bond acceptors (Lipinski definition) is 3. The van der Waals surface area contributed by atoms with Gasteiger partial charge in [0.1, 0.15) is 5.75 Å². The zero-order chi connectivity index (χ0) is 9.84. The van der Waals surface area contributed by atoms with E-state index < -0.39 is 0 Å². The van der Waals surface area contributed by atoms with Gasteiger partial charge in [-0.15, -0.1) is 0 Å². The maximum absolute atomic E-state index is 5.42. The second-order valence-electron chi connectivity index (χ2n) is 3.04. The van der Waals surface area contributed by atoms with Crippen LogP contribution >= 0.6 is 0 Å². The Morgan fingerprint density at radius 1 is 1.38 bits per heavy atom. The minimum absolute atomic E-state index is 0.416. The molecular formula is C10H16N2O. The fourth-order valence-corrected chi connectivity index (χ4v) is 1.47. The normalized spacial score (nSPS) is 9.85. The lowest BCUT2D eigenvalue weighted by Gasteiger charge is -2.13. The summed E-state index contributed by atoms with van der Waals surface area (Å²) in [4.78, 5) is 0. The smallest absolute Gasteiger partial charge is 0.144 e. The Bertz CT molecular complexity index is 297. The summed E-state index contributed by atoms with van der Waals surface area (Å²) in [6, 6.07) is 4.11. The number of benzene rings is 1. The Morgan fingerprint density at radius 3 is 2.62 bits per heavy atom. The highest BCUT2D eigenvalue weighted by molar-refractivity contribution is 5.61. The lowest BCUT2D eigenvalue weighted by molar-refractivity contribution is 0.413. The molecule has 13 heavy (non-hydrogen) atoms. The Morgan fingerprint density at radius 2 is 2.08 bits per heavy atom. The summed E-state index contributed by atoms with van der Waals surface area (Å²) in [5, 5.41) is 3.06. The Labute approximate surface area is 78.9 Å². The van der Waals surface area contributed by atoms with Crippen LogP contribution in [0.15, 0.2) is 12.1 Å². The third-order valence-electron chi connectivity index (χ3n) is 1.92. The van der Waals surface area contributed by atoms with Crippen LogP contribution in [0, 0.1) is 13.8 Å².